The van der Waals surface area contributed by atoms with Crippen LogP contribution >= 0.6 is 11.8 Å². The van der Waals surface area contributed by atoms with Gasteiger partial charge in [-0.3, -0.25) is 9.78 Å². The highest BCUT2D eigenvalue weighted by Gasteiger charge is 2.38. The molecule has 0 radical (unpaired) electrons. The highest BCUT2D eigenvalue weighted by atomic mass is 32.2. The van der Waals surface area contributed by atoms with E-state index in [0.29, 0.717) is 46.1 Å². The van der Waals surface area contributed by atoms with Gasteiger partial charge in [0, 0.05) is 41.3 Å². The Morgan fingerprint density at radius 1 is 1.09 bits per heavy atom. The van der Waals surface area contributed by atoms with Crippen LogP contribution in [0.1, 0.15) is 36.6 Å². The molecule has 1 aliphatic heterocycles. The fourth-order valence-corrected chi connectivity index (χ4v) is 5.12. The lowest BCUT2D eigenvalue weighted by atomic mass is 9.85. The Morgan fingerprint density at radius 2 is 1.88 bits per heavy atom. The summed E-state index contributed by atoms with van der Waals surface area (Å²) in [5, 5.41) is 8.75. The van der Waals surface area contributed by atoms with E-state index in [-0.39, 0.29) is 5.78 Å². The Kier molecular flexibility index (Phi) is 6.14. The molecule has 34 heavy (non-hydrogen) atoms. The second-order valence-electron chi connectivity index (χ2n) is 7.92. The van der Waals surface area contributed by atoms with Crippen LogP contribution in [0.3, 0.4) is 0 Å². The van der Waals surface area contributed by atoms with Crippen molar-refractivity contribution in [2.45, 2.75) is 36.2 Å². The number of anilines is 1. The van der Waals surface area contributed by atoms with E-state index in [0.717, 1.165) is 29.8 Å². The van der Waals surface area contributed by atoms with Gasteiger partial charge in [-0.05, 0) is 31.0 Å². The van der Waals surface area contributed by atoms with Gasteiger partial charge in [-0.15, -0.1) is 5.10 Å². The van der Waals surface area contributed by atoms with Gasteiger partial charge < -0.3 is 19.5 Å². The molecule has 0 unspecified atom stereocenters. The molecule has 10 heteroatoms. The zero-order valence-electron chi connectivity index (χ0n) is 19.2. The number of rotatable bonds is 7. The van der Waals surface area contributed by atoms with Gasteiger partial charge in [0.05, 0.1) is 27.0 Å². The minimum atomic E-state index is -0.495. The summed E-state index contributed by atoms with van der Waals surface area (Å²) in [6, 6.07) is 8.95. The first-order chi connectivity index (χ1) is 16.6. The number of ether oxygens (including phenoxy) is 3. The van der Waals surface area contributed by atoms with E-state index < -0.39 is 6.04 Å². The number of allylic oxidation sites excluding steroid dienone is 2. The number of pyridine rings is 1. The Bertz CT molecular complexity index is 1260. The summed E-state index contributed by atoms with van der Waals surface area (Å²) in [5.41, 5.74) is 3.28. The van der Waals surface area contributed by atoms with Crippen LogP contribution in [0.2, 0.25) is 0 Å². The van der Waals surface area contributed by atoms with Crippen LogP contribution < -0.4 is 19.5 Å². The van der Waals surface area contributed by atoms with E-state index in [1.54, 1.807) is 38.3 Å². The van der Waals surface area contributed by atoms with Crippen molar-refractivity contribution >= 4 is 23.5 Å². The SMILES string of the molecule is COc1cc(OC)c([C@@H]2C3=C(CCCC3=O)Nc3nc(SCc4ccccn4)nn32)cc1OC. The second kappa shape index (κ2) is 9.38. The minimum absolute atomic E-state index is 0.0967. The van der Waals surface area contributed by atoms with Crippen LogP contribution in [0, 0.1) is 0 Å². The third-order valence-corrected chi connectivity index (χ3v) is 6.83. The number of ketones is 1. The lowest BCUT2D eigenvalue weighted by molar-refractivity contribution is -0.116. The number of carbonyl (C=O) groups is 1. The molecule has 1 aromatic carbocycles. The molecule has 0 saturated carbocycles. The number of hydrogen-bond acceptors (Lipinski definition) is 9. The summed E-state index contributed by atoms with van der Waals surface area (Å²) in [7, 11) is 4.76. The van der Waals surface area contributed by atoms with Gasteiger partial charge in [0.15, 0.2) is 17.3 Å². The van der Waals surface area contributed by atoms with Gasteiger partial charge in [-0.25, -0.2) is 4.68 Å². The fourth-order valence-electron chi connectivity index (χ4n) is 4.37. The number of methoxy groups -OCH3 is 3. The van der Waals surface area contributed by atoms with E-state index in [4.69, 9.17) is 24.3 Å². The number of hydrogen-bond donors (Lipinski definition) is 1. The van der Waals surface area contributed by atoms with Crippen LogP contribution in [-0.2, 0) is 10.5 Å². The summed E-state index contributed by atoms with van der Waals surface area (Å²) in [4.78, 5) is 22.2. The normalized spacial score (nSPS) is 17.0. The number of benzene rings is 1. The zero-order valence-corrected chi connectivity index (χ0v) is 20.0. The van der Waals surface area contributed by atoms with Crippen molar-refractivity contribution < 1.29 is 19.0 Å². The number of nitrogens with one attached hydrogen (secondary N) is 1. The van der Waals surface area contributed by atoms with Gasteiger partial charge in [-0.1, -0.05) is 17.8 Å². The van der Waals surface area contributed by atoms with Crippen molar-refractivity contribution in [3.05, 3.63) is 59.1 Å². The maximum Gasteiger partial charge on any atom is 0.227 e. The summed E-state index contributed by atoms with van der Waals surface area (Å²) >= 11 is 1.50. The van der Waals surface area contributed by atoms with Crippen molar-refractivity contribution in [3.8, 4) is 17.2 Å². The third-order valence-electron chi connectivity index (χ3n) is 5.95. The highest BCUT2D eigenvalue weighted by Crippen LogP contribution is 2.46. The van der Waals surface area contributed by atoms with Crippen molar-refractivity contribution in [1.82, 2.24) is 19.7 Å². The Balaban J connectivity index is 1.60. The van der Waals surface area contributed by atoms with Crippen molar-refractivity contribution in [2.24, 2.45) is 0 Å². The standard InChI is InChI=1S/C24H25N5O4S/c1-31-18-12-20(33-3)19(32-2)11-15(18)22-21-16(8-6-9-17(21)30)26-23-27-24(28-29(22)23)34-13-14-7-4-5-10-25-14/h4-5,7,10-12,22H,6,8-9,13H2,1-3H3,(H,26,27,28)/t22-/m1/s1. The maximum absolute atomic E-state index is 13.1. The van der Waals surface area contributed by atoms with Crippen LogP contribution in [0.25, 0.3) is 0 Å². The van der Waals surface area contributed by atoms with E-state index in [1.807, 2.05) is 24.3 Å². The predicted molar refractivity (Wildman–Crippen MR) is 128 cm³/mol. The topological polar surface area (TPSA) is 100 Å². The fraction of sp³-hybridized carbons (Fsp3) is 0.333. The quantitative estimate of drug-likeness (QED) is 0.504. The molecule has 0 spiro atoms. The van der Waals surface area contributed by atoms with E-state index in [2.05, 4.69) is 10.3 Å². The number of thioether (sulfide) groups is 1. The molecule has 176 valence electrons. The number of carbonyl (C=O) groups excluding carboxylic acids is 1. The summed E-state index contributed by atoms with van der Waals surface area (Å²) in [5.74, 6) is 3.01. The molecule has 3 heterocycles. The van der Waals surface area contributed by atoms with Crippen LogP contribution in [0.15, 0.2) is 53.0 Å². The van der Waals surface area contributed by atoms with Gasteiger partial charge in [0.25, 0.3) is 0 Å². The molecular weight excluding hydrogens is 454 g/mol. The third kappa shape index (κ3) is 3.98. The number of fused-ring (bicyclic) bond motifs is 1. The minimum Gasteiger partial charge on any atom is -0.496 e. The lowest BCUT2D eigenvalue weighted by Crippen LogP contribution is -2.31. The van der Waals surface area contributed by atoms with Crippen LogP contribution in [0.5, 0.6) is 17.2 Å². The first-order valence-corrected chi connectivity index (χ1v) is 11.9. The largest absolute Gasteiger partial charge is 0.496 e. The first-order valence-electron chi connectivity index (χ1n) is 10.9. The monoisotopic (exact) mass is 479 g/mol. The van der Waals surface area contributed by atoms with Gasteiger partial charge >= 0.3 is 0 Å². The molecule has 9 nitrogen and oxygen atoms in total. The number of Topliss-reactive ketones (excluding diaryl/α,β-unsaturated/α-hetero) is 1. The van der Waals surface area contributed by atoms with Crippen LogP contribution in [0.4, 0.5) is 5.95 Å². The summed E-state index contributed by atoms with van der Waals surface area (Å²) in [6.45, 7) is 0. The molecule has 3 aromatic rings. The van der Waals surface area contributed by atoms with Gasteiger partial charge in [-0.2, -0.15) is 4.98 Å². The first kappa shape index (κ1) is 22.3. The maximum atomic E-state index is 13.1. The van der Waals surface area contributed by atoms with Crippen molar-refractivity contribution in [1.29, 1.82) is 0 Å². The van der Waals surface area contributed by atoms with E-state index >= 15 is 0 Å². The van der Waals surface area contributed by atoms with Gasteiger partial charge in [0.1, 0.15) is 11.8 Å². The molecule has 0 fully saturated rings. The molecule has 0 amide bonds. The molecule has 1 N–H and O–H groups in total. The number of nitrogens with zero attached hydrogens (tertiary/aromatic N) is 4. The van der Waals surface area contributed by atoms with Crippen LogP contribution in [-0.4, -0.2) is 46.9 Å². The average Bonchev–Trinajstić information content (AvgIpc) is 3.28. The Morgan fingerprint density at radius 3 is 2.62 bits per heavy atom. The second-order valence-corrected chi connectivity index (χ2v) is 8.86. The molecular formula is C24H25N5O4S. The Labute approximate surface area is 201 Å². The van der Waals surface area contributed by atoms with Gasteiger partial charge in [0.2, 0.25) is 11.1 Å². The smallest absolute Gasteiger partial charge is 0.227 e. The molecule has 5 rings (SSSR count). The average molecular weight is 480 g/mol. The molecule has 1 aliphatic carbocycles. The summed E-state index contributed by atoms with van der Waals surface area (Å²) < 4.78 is 18.5. The Hall–Kier alpha value is -3.53. The lowest BCUT2D eigenvalue weighted by Gasteiger charge is -2.33. The molecule has 2 aromatic heterocycles. The number of aromatic nitrogens is 4. The summed E-state index contributed by atoms with van der Waals surface area (Å²) in [6.07, 6.45) is 3.84. The molecule has 0 saturated heterocycles. The highest BCUT2D eigenvalue weighted by molar-refractivity contribution is 7.98. The zero-order chi connectivity index (χ0) is 23.7. The van der Waals surface area contributed by atoms with E-state index in [1.165, 1.54) is 11.8 Å². The van der Waals surface area contributed by atoms with Crippen molar-refractivity contribution in [2.75, 3.05) is 26.6 Å². The molecule has 0 bridgehead atoms. The van der Waals surface area contributed by atoms with Crippen molar-refractivity contribution in [3.63, 3.8) is 0 Å². The predicted octanol–water partition coefficient (Wildman–Crippen LogP) is 4.01. The molecule has 1 atom stereocenters. The molecule has 2 aliphatic rings. The van der Waals surface area contributed by atoms with E-state index in [9.17, 15) is 4.79 Å².